The lowest BCUT2D eigenvalue weighted by molar-refractivity contribution is -0.170. The normalized spacial score (nSPS) is 11.7. The number of furan rings is 1. The van der Waals surface area contributed by atoms with Gasteiger partial charge in [-0.2, -0.15) is 0 Å². The lowest BCUT2D eigenvalue weighted by Gasteiger charge is -2.22. The summed E-state index contributed by atoms with van der Waals surface area (Å²) in [6.45, 7) is 0. The number of hydroxylamine groups is 2. The number of hydrogen-bond donors (Lipinski definition) is 1. The van der Waals surface area contributed by atoms with E-state index in [-0.39, 0.29) is 11.7 Å². The van der Waals surface area contributed by atoms with Gasteiger partial charge in [0.25, 0.3) is 11.8 Å². The maximum Gasteiger partial charge on any atom is 0.287 e. The van der Waals surface area contributed by atoms with Crippen LogP contribution in [0.15, 0.2) is 53.1 Å². The number of likely N-dealkylation sites (N-methyl/N-ethyl adjacent to an activating group) is 1. The summed E-state index contributed by atoms with van der Waals surface area (Å²) in [6, 6.07) is 11.9. The first-order valence-corrected chi connectivity index (χ1v) is 6.81. The average Bonchev–Trinajstić information content (AvgIpc) is 3.08. The quantitative estimate of drug-likeness (QED) is 0.823. The van der Waals surface area contributed by atoms with Crippen molar-refractivity contribution in [3.8, 4) is 0 Å². The molecule has 1 N–H and O–H groups in total. The smallest absolute Gasteiger partial charge is 0.287 e. The second-order valence-electron chi connectivity index (χ2n) is 4.71. The molecule has 1 aromatic carbocycles. The molecule has 2 rings (SSSR count). The monoisotopic (exact) mass is 302 g/mol. The molecular weight excluding hydrogens is 284 g/mol. The van der Waals surface area contributed by atoms with Gasteiger partial charge in [0.1, 0.15) is 6.04 Å². The number of nitrogens with one attached hydrogen (secondary N) is 1. The van der Waals surface area contributed by atoms with Gasteiger partial charge in [-0.05, 0) is 17.7 Å². The fraction of sp³-hybridized carbons (Fsp3) is 0.250. The van der Waals surface area contributed by atoms with Gasteiger partial charge in [0.05, 0.1) is 13.4 Å². The number of nitrogens with zero attached hydrogens (tertiary/aromatic N) is 1. The first-order valence-electron chi connectivity index (χ1n) is 6.81. The molecule has 1 aromatic heterocycles. The number of carbonyl (C=O) groups excluding carboxylic acids is 2. The minimum atomic E-state index is -0.745. The molecule has 2 aromatic rings. The molecule has 0 aliphatic heterocycles. The zero-order chi connectivity index (χ0) is 15.9. The van der Waals surface area contributed by atoms with E-state index in [1.807, 2.05) is 30.3 Å². The van der Waals surface area contributed by atoms with Crippen LogP contribution in [0.25, 0.3) is 0 Å². The average molecular weight is 302 g/mol. The van der Waals surface area contributed by atoms with Gasteiger partial charge in [0.2, 0.25) is 0 Å². The Morgan fingerprint density at radius 2 is 1.95 bits per heavy atom. The molecular formula is C16H18N2O4. The largest absolute Gasteiger partial charge is 0.459 e. The van der Waals surface area contributed by atoms with Crippen LogP contribution in [-0.2, 0) is 16.1 Å². The molecule has 1 unspecified atom stereocenters. The zero-order valence-electron chi connectivity index (χ0n) is 12.5. The lowest BCUT2D eigenvalue weighted by Crippen LogP contribution is -2.48. The highest BCUT2D eigenvalue weighted by atomic mass is 16.7. The van der Waals surface area contributed by atoms with Crippen molar-refractivity contribution >= 4 is 11.8 Å². The van der Waals surface area contributed by atoms with Crippen molar-refractivity contribution in [2.75, 3.05) is 14.2 Å². The summed E-state index contributed by atoms with van der Waals surface area (Å²) >= 11 is 0. The van der Waals surface area contributed by atoms with Crippen LogP contribution < -0.4 is 5.32 Å². The van der Waals surface area contributed by atoms with Crippen LogP contribution in [0.1, 0.15) is 16.1 Å². The first kappa shape index (κ1) is 15.8. The third-order valence-corrected chi connectivity index (χ3v) is 3.22. The summed E-state index contributed by atoms with van der Waals surface area (Å²) in [5.74, 6) is -0.624. The first-order chi connectivity index (χ1) is 10.6. The second-order valence-corrected chi connectivity index (χ2v) is 4.71. The van der Waals surface area contributed by atoms with E-state index in [1.54, 1.807) is 12.1 Å². The van der Waals surface area contributed by atoms with E-state index < -0.39 is 11.9 Å². The number of carbonyl (C=O) groups is 2. The fourth-order valence-corrected chi connectivity index (χ4v) is 2.00. The molecule has 2 amide bonds. The molecule has 6 heteroatoms. The summed E-state index contributed by atoms with van der Waals surface area (Å²) in [4.78, 5) is 29.4. The van der Waals surface area contributed by atoms with E-state index >= 15 is 0 Å². The van der Waals surface area contributed by atoms with Crippen LogP contribution in [0.4, 0.5) is 0 Å². The molecule has 0 spiro atoms. The Morgan fingerprint density at radius 1 is 1.23 bits per heavy atom. The maximum absolute atomic E-state index is 12.3. The van der Waals surface area contributed by atoms with Gasteiger partial charge in [-0.1, -0.05) is 30.3 Å². The van der Waals surface area contributed by atoms with Gasteiger partial charge in [-0.15, -0.1) is 0 Å². The van der Waals surface area contributed by atoms with Crippen LogP contribution >= 0.6 is 0 Å². The van der Waals surface area contributed by atoms with Gasteiger partial charge in [0, 0.05) is 13.5 Å². The number of rotatable bonds is 6. The van der Waals surface area contributed by atoms with E-state index in [2.05, 4.69) is 5.32 Å². The Hall–Kier alpha value is -2.60. The van der Waals surface area contributed by atoms with Crippen LogP contribution in [0, 0.1) is 0 Å². The van der Waals surface area contributed by atoms with Gasteiger partial charge >= 0.3 is 0 Å². The second kappa shape index (κ2) is 7.42. The van der Waals surface area contributed by atoms with E-state index in [0.717, 1.165) is 10.6 Å². The Bertz CT molecular complexity index is 610. The predicted octanol–water partition coefficient (Wildman–Crippen LogP) is 1.64. The molecule has 0 aliphatic carbocycles. The van der Waals surface area contributed by atoms with Crippen LogP contribution in [0.5, 0.6) is 0 Å². The van der Waals surface area contributed by atoms with Crippen LogP contribution in [-0.4, -0.2) is 37.1 Å². The molecule has 1 atom stereocenters. The van der Waals surface area contributed by atoms with Crippen LogP contribution in [0.2, 0.25) is 0 Å². The molecule has 0 fully saturated rings. The molecule has 6 nitrogen and oxygen atoms in total. The van der Waals surface area contributed by atoms with Gasteiger partial charge < -0.3 is 9.73 Å². The summed E-state index contributed by atoms with van der Waals surface area (Å²) in [5.41, 5.74) is 0.935. The summed E-state index contributed by atoms with van der Waals surface area (Å²) in [6.07, 6.45) is 1.77. The minimum Gasteiger partial charge on any atom is -0.459 e. The Balaban J connectivity index is 2.14. The molecule has 116 valence electrons. The van der Waals surface area contributed by atoms with Crippen molar-refractivity contribution in [3.05, 3.63) is 60.1 Å². The van der Waals surface area contributed by atoms with Crippen molar-refractivity contribution < 1.29 is 18.8 Å². The van der Waals surface area contributed by atoms with Crippen molar-refractivity contribution in [2.24, 2.45) is 0 Å². The van der Waals surface area contributed by atoms with Crippen molar-refractivity contribution in [1.82, 2.24) is 10.4 Å². The predicted molar refractivity (Wildman–Crippen MR) is 79.9 cm³/mol. The fourth-order valence-electron chi connectivity index (χ4n) is 2.00. The number of hydrogen-bond acceptors (Lipinski definition) is 4. The molecule has 0 saturated heterocycles. The highest BCUT2D eigenvalue weighted by molar-refractivity contribution is 5.95. The Labute approximate surface area is 128 Å². The summed E-state index contributed by atoms with van der Waals surface area (Å²) in [7, 11) is 2.89. The Kier molecular flexibility index (Phi) is 5.32. The molecule has 1 heterocycles. The topological polar surface area (TPSA) is 71.8 Å². The van der Waals surface area contributed by atoms with E-state index in [1.165, 1.54) is 20.4 Å². The SMILES string of the molecule is CON(C)C(=O)C(Cc1ccccc1)NC(=O)c1ccco1. The Morgan fingerprint density at radius 3 is 2.55 bits per heavy atom. The van der Waals surface area contributed by atoms with Gasteiger partial charge in [0.15, 0.2) is 5.76 Å². The molecule has 0 radical (unpaired) electrons. The standard InChI is InChI=1S/C16H18N2O4/c1-18(21-2)16(20)13(11-12-7-4-3-5-8-12)17-15(19)14-9-6-10-22-14/h3-10,13H,11H2,1-2H3,(H,17,19). The molecule has 0 aliphatic rings. The highest BCUT2D eigenvalue weighted by Gasteiger charge is 2.25. The van der Waals surface area contributed by atoms with Gasteiger partial charge in [-0.25, -0.2) is 5.06 Å². The van der Waals surface area contributed by atoms with E-state index in [0.29, 0.717) is 6.42 Å². The van der Waals surface area contributed by atoms with Gasteiger partial charge in [-0.3, -0.25) is 14.4 Å². The number of benzene rings is 1. The van der Waals surface area contributed by atoms with E-state index in [4.69, 9.17) is 9.25 Å². The number of amides is 2. The van der Waals surface area contributed by atoms with Crippen molar-refractivity contribution in [1.29, 1.82) is 0 Å². The lowest BCUT2D eigenvalue weighted by atomic mass is 10.1. The highest BCUT2D eigenvalue weighted by Crippen LogP contribution is 2.08. The third-order valence-electron chi connectivity index (χ3n) is 3.22. The summed E-state index contributed by atoms with van der Waals surface area (Å²) < 4.78 is 5.04. The maximum atomic E-state index is 12.3. The zero-order valence-corrected chi connectivity index (χ0v) is 12.5. The van der Waals surface area contributed by atoms with Crippen molar-refractivity contribution in [3.63, 3.8) is 0 Å². The summed E-state index contributed by atoms with van der Waals surface area (Å²) in [5, 5.41) is 3.77. The molecule has 0 bridgehead atoms. The minimum absolute atomic E-state index is 0.158. The van der Waals surface area contributed by atoms with E-state index in [9.17, 15) is 9.59 Å². The van der Waals surface area contributed by atoms with Crippen molar-refractivity contribution in [2.45, 2.75) is 12.5 Å². The molecule has 0 saturated carbocycles. The third kappa shape index (κ3) is 3.95. The molecule has 22 heavy (non-hydrogen) atoms. The van der Waals surface area contributed by atoms with Crippen LogP contribution in [0.3, 0.4) is 0 Å².